The molecule has 138 valence electrons. The van der Waals surface area contributed by atoms with E-state index in [-0.39, 0.29) is 12.2 Å². The van der Waals surface area contributed by atoms with Gasteiger partial charge >= 0.3 is 0 Å². The first kappa shape index (κ1) is 18.7. The van der Waals surface area contributed by atoms with Crippen molar-refractivity contribution in [1.29, 1.82) is 0 Å². The molecule has 3 rings (SSSR count). The Kier molecular flexibility index (Phi) is 5.57. The molecule has 0 aliphatic rings. The molecule has 3 aromatic rings. The van der Waals surface area contributed by atoms with Crippen LogP contribution in [0.25, 0.3) is 10.4 Å². The zero-order valence-electron chi connectivity index (χ0n) is 14.9. The summed E-state index contributed by atoms with van der Waals surface area (Å²) < 4.78 is 10.3. The van der Waals surface area contributed by atoms with Crippen molar-refractivity contribution in [2.24, 2.45) is 0 Å². The van der Waals surface area contributed by atoms with Gasteiger partial charge in [0.1, 0.15) is 11.5 Å². The molecule has 0 radical (unpaired) electrons. The predicted octanol–water partition coefficient (Wildman–Crippen LogP) is 2.96. The second kappa shape index (κ2) is 8.05. The first-order valence-electron chi connectivity index (χ1n) is 8.17. The van der Waals surface area contributed by atoms with Crippen LogP contribution in [0.3, 0.4) is 0 Å². The average molecular weight is 381 g/mol. The van der Waals surface area contributed by atoms with Gasteiger partial charge in [0.25, 0.3) is 0 Å². The molecule has 5 nitrogen and oxygen atoms in total. The van der Waals surface area contributed by atoms with Gasteiger partial charge in [0.15, 0.2) is 0 Å². The van der Waals surface area contributed by atoms with E-state index >= 15 is 0 Å². The molecule has 0 bridgehead atoms. The van der Waals surface area contributed by atoms with Crippen LogP contribution in [0.1, 0.15) is 20.8 Å². The number of ether oxygens (including phenoxy) is 2. The van der Waals surface area contributed by atoms with Gasteiger partial charge in [-0.2, -0.15) is 0 Å². The maximum Gasteiger partial charge on any atom is 0.202 e. The van der Waals surface area contributed by atoms with Crippen molar-refractivity contribution in [3.63, 3.8) is 0 Å². The molecule has 0 amide bonds. The first-order chi connectivity index (χ1) is 13.0. The third-order valence-electron chi connectivity index (χ3n) is 4.07. The molecule has 0 N–H and O–H groups in total. The molecule has 0 spiro atoms. The molecule has 0 aliphatic heterocycles. The number of carboxylic acid groups (broad SMARTS) is 1. The molecule has 1 heterocycles. The lowest BCUT2D eigenvalue weighted by atomic mass is 10.0. The van der Waals surface area contributed by atoms with Gasteiger partial charge in [0.2, 0.25) is 5.78 Å². The zero-order chi connectivity index (χ0) is 19.4. The molecule has 0 fully saturated rings. The van der Waals surface area contributed by atoms with Gasteiger partial charge in [0.05, 0.1) is 19.1 Å². The van der Waals surface area contributed by atoms with E-state index in [0.717, 1.165) is 10.4 Å². The number of thiophene rings is 1. The van der Waals surface area contributed by atoms with Crippen LogP contribution in [0.5, 0.6) is 11.5 Å². The highest BCUT2D eigenvalue weighted by atomic mass is 32.1. The Morgan fingerprint density at radius 3 is 2.00 bits per heavy atom. The molecular weight excluding hydrogens is 364 g/mol. The molecule has 27 heavy (non-hydrogen) atoms. The van der Waals surface area contributed by atoms with Crippen LogP contribution >= 0.6 is 11.3 Å². The van der Waals surface area contributed by atoms with E-state index < -0.39 is 5.97 Å². The Morgan fingerprint density at radius 1 is 0.926 bits per heavy atom. The molecule has 0 aliphatic carbocycles. The summed E-state index contributed by atoms with van der Waals surface area (Å²) in [5.74, 6) is 0.00797. The first-order valence-corrected chi connectivity index (χ1v) is 8.99. The highest BCUT2D eigenvalue weighted by Crippen LogP contribution is 2.35. The molecule has 2 aromatic carbocycles. The minimum Gasteiger partial charge on any atom is -0.550 e. The SMILES string of the molecule is COc1ccc(C(=O)c2cc(CC(=O)[O-])c(-c3ccc(OC)cc3)s2)cc1. The van der Waals surface area contributed by atoms with Crippen molar-refractivity contribution < 1.29 is 24.2 Å². The van der Waals surface area contributed by atoms with E-state index in [9.17, 15) is 14.7 Å². The Hall–Kier alpha value is -3.12. The summed E-state index contributed by atoms with van der Waals surface area (Å²) in [6, 6.07) is 15.7. The smallest absolute Gasteiger partial charge is 0.202 e. The molecule has 6 heteroatoms. The Morgan fingerprint density at radius 2 is 1.48 bits per heavy atom. The molecule has 0 saturated carbocycles. The largest absolute Gasteiger partial charge is 0.550 e. The van der Waals surface area contributed by atoms with E-state index in [1.54, 1.807) is 56.7 Å². The predicted molar refractivity (Wildman–Crippen MR) is 101 cm³/mol. The summed E-state index contributed by atoms with van der Waals surface area (Å²) in [5.41, 5.74) is 1.89. The summed E-state index contributed by atoms with van der Waals surface area (Å²) in [4.78, 5) is 25.2. The minimum absolute atomic E-state index is 0.165. The van der Waals surface area contributed by atoms with Crippen LogP contribution in [0.2, 0.25) is 0 Å². The second-order valence-electron chi connectivity index (χ2n) is 5.80. The zero-order valence-corrected chi connectivity index (χ0v) is 15.7. The van der Waals surface area contributed by atoms with Crippen LogP contribution in [-0.4, -0.2) is 26.0 Å². The van der Waals surface area contributed by atoms with Crippen molar-refractivity contribution in [3.8, 4) is 21.9 Å². The average Bonchev–Trinajstić information content (AvgIpc) is 3.10. The van der Waals surface area contributed by atoms with Gasteiger partial charge in [0, 0.05) is 22.8 Å². The minimum atomic E-state index is -1.19. The highest BCUT2D eigenvalue weighted by Gasteiger charge is 2.18. The third-order valence-corrected chi connectivity index (χ3v) is 5.30. The van der Waals surface area contributed by atoms with E-state index in [1.807, 2.05) is 12.1 Å². The van der Waals surface area contributed by atoms with Gasteiger partial charge in [-0.1, -0.05) is 0 Å². The lowest BCUT2D eigenvalue weighted by Crippen LogP contribution is -2.24. The summed E-state index contributed by atoms with van der Waals surface area (Å²) >= 11 is 1.27. The van der Waals surface area contributed by atoms with Crippen LogP contribution in [-0.2, 0) is 11.2 Å². The van der Waals surface area contributed by atoms with Crippen LogP contribution < -0.4 is 14.6 Å². The fraction of sp³-hybridized carbons (Fsp3) is 0.143. The summed E-state index contributed by atoms with van der Waals surface area (Å²) in [6.07, 6.45) is -0.256. The Labute approximate surface area is 160 Å². The maximum atomic E-state index is 12.8. The quantitative estimate of drug-likeness (QED) is 0.588. The number of hydrogen-bond donors (Lipinski definition) is 0. The summed E-state index contributed by atoms with van der Waals surface area (Å²) in [7, 11) is 3.14. The van der Waals surface area contributed by atoms with Crippen molar-refractivity contribution in [2.75, 3.05) is 14.2 Å². The number of hydrogen-bond acceptors (Lipinski definition) is 6. The number of ketones is 1. The standard InChI is InChI=1S/C21H18O5S/c1-25-16-7-3-13(4-8-16)20(24)18-11-15(12-19(22)23)21(27-18)14-5-9-17(26-2)10-6-14/h3-11H,12H2,1-2H3,(H,22,23)/p-1. The number of benzene rings is 2. The van der Waals surface area contributed by atoms with E-state index in [4.69, 9.17) is 9.47 Å². The van der Waals surface area contributed by atoms with Crippen molar-refractivity contribution >= 4 is 23.1 Å². The maximum absolute atomic E-state index is 12.8. The number of carboxylic acids is 1. The number of aliphatic carboxylic acids is 1. The van der Waals surface area contributed by atoms with Crippen molar-refractivity contribution in [2.45, 2.75) is 6.42 Å². The monoisotopic (exact) mass is 381 g/mol. The lowest BCUT2D eigenvalue weighted by molar-refractivity contribution is -0.304. The van der Waals surface area contributed by atoms with Gasteiger partial charge in [-0.3, -0.25) is 4.79 Å². The molecule has 0 unspecified atom stereocenters. The summed E-state index contributed by atoms with van der Waals surface area (Å²) in [5, 5.41) is 11.1. The van der Waals surface area contributed by atoms with Crippen LogP contribution in [0, 0.1) is 0 Å². The molecule has 1 aromatic heterocycles. The van der Waals surface area contributed by atoms with Crippen LogP contribution in [0.15, 0.2) is 54.6 Å². The topological polar surface area (TPSA) is 75.7 Å². The van der Waals surface area contributed by atoms with Crippen LogP contribution in [0.4, 0.5) is 0 Å². The lowest BCUT2D eigenvalue weighted by Gasteiger charge is -2.06. The molecular formula is C21H17O5S-. The van der Waals surface area contributed by atoms with Gasteiger partial charge < -0.3 is 19.4 Å². The molecule has 0 saturated heterocycles. The number of carbonyl (C=O) groups excluding carboxylic acids is 2. The number of methoxy groups -OCH3 is 2. The fourth-order valence-electron chi connectivity index (χ4n) is 2.70. The Balaban J connectivity index is 1.99. The number of rotatable bonds is 7. The van der Waals surface area contributed by atoms with E-state index in [2.05, 4.69) is 0 Å². The van der Waals surface area contributed by atoms with Crippen molar-refractivity contribution in [3.05, 3.63) is 70.6 Å². The Bertz CT molecular complexity index is 955. The summed E-state index contributed by atoms with van der Waals surface area (Å²) in [6.45, 7) is 0. The van der Waals surface area contributed by atoms with E-state index in [0.29, 0.717) is 27.5 Å². The van der Waals surface area contributed by atoms with E-state index in [1.165, 1.54) is 11.3 Å². The normalized spacial score (nSPS) is 10.4. The highest BCUT2D eigenvalue weighted by molar-refractivity contribution is 7.17. The van der Waals surface area contributed by atoms with Crippen molar-refractivity contribution in [1.82, 2.24) is 0 Å². The van der Waals surface area contributed by atoms with Gasteiger partial charge in [-0.25, -0.2) is 0 Å². The second-order valence-corrected chi connectivity index (χ2v) is 6.85. The van der Waals surface area contributed by atoms with Gasteiger partial charge in [-0.05, 0) is 65.7 Å². The third kappa shape index (κ3) is 4.17. The fourth-order valence-corrected chi connectivity index (χ4v) is 3.85. The number of carbonyl (C=O) groups is 2. The van der Waals surface area contributed by atoms with Gasteiger partial charge in [-0.15, -0.1) is 11.3 Å². The molecule has 0 atom stereocenters.